The topological polar surface area (TPSA) is 12.9 Å². The minimum Gasteiger partial charge on any atom is -0.224 e. The molecule has 1 rings (SSSR count). The predicted octanol–water partition coefficient (Wildman–Crippen LogP) is 4.06. The summed E-state index contributed by atoms with van der Waals surface area (Å²) in [6, 6.07) is 1.16. The molecule has 0 spiro atoms. The van der Waals surface area contributed by atoms with E-state index in [9.17, 15) is 8.78 Å². The van der Waals surface area contributed by atoms with Crippen LogP contribution in [0.1, 0.15) is 17.6 Å². The molecule has 0 bridgehead atoms. The van der Waals surface area contributed by atoms with Crippen LogP contribution < -0.4 is 0 Å². The van der Waals surface area contributed by atoms with Crippen molar-refractivity contribution in [1.29, 1.82) is 0 Å². The van der Waals surface area contributed by atoms with Gasteiger partial charge in [0.2, 0.25) is 0 Å². The van der Waals surface area contributed by atoms with E-state index in [2.05, 4.69) is 4.98 Å². The summed E-state index contributed by atoms with van der Waals surface area (Å²) >= 11 is 16.5. The van der Waals surface area contributed by atoms with Gasteiger partial charge in [-0.15, -0.1) is 11.6 Å². The highest BCUT2D eigenvalue weighted by molar-refractivity contribution is 6.33. The summed E-state index contributed by atoms with van der Waals surface area (Å²) in [7, 11) is 0. The van der Waals surface area contributed by atoms with Crippen LogP contribution in [0.2, 0.25) is 10.3 Å². The minimum absolute atomic E-state index is 0.0305. The van der Waals surface area contributed by atoms with Crippen LogP contribution in [0.15, 0.2) is 6.07 Å². The second-order valence-electron chi connectivity index (χ2n) is 2.25. The molecule has 0 N–H and O–H groups in total. The number of halogens is 5. The number of hydrogen-bond donors (Lipinski definition) is 0. The molecule has 0 saturated carbocycles. The highest BCUT2D eigenvalue weighted by Gasteiger charge is 2.15. The third-order valence-electron chi connectivity index (χ3n) is 1.41. The standard InChI is InChI=1S/C7H4Cl3F2N/c8-2-3-1-4(7(11)12)6(10)13-5(3)9/h1,7H,2H2. The molecular weight excluding hydrogens is 242 g/mol. The van der Waals surface area contributed by atoms with E-state index in [-0.39, 0.29) is 21.7 Å². The zero-order valence-electron chi connectivity index (χ0n) is 6.20. The molecule has 0 aliphatic heterocycles. The predicted molar refractivity (Wildman–Crippen MR) is 48.8 cm³/mol. The van der Waals surface area contributed by atoms with Crippen molar-refractivity contribution in [3.63, 3.8) is 0 Å². The van der Waals surface area contributed by atoms with E-state index in [4.69, 9.17) is 34.8 Å². The molecule has 0 aliphatic carbocycles. The second kappa shape index (κ2) is 4.40. The Labute approximate surface area is 88.6 Å². The maximum absolute atomic E-state index is 12.3. The molecule has 0 aliphatic rings. The molecule has 1 aromatic heterocycles. The average Bonchev–Trinajstić information content (AvgIpc) is 2.03. The first-order chi connectivity index (χ1) is 6.06. The largest absolute Gasteiger partial charge is 0.266 e. The molecule has 0 aromatic carbocycles. The zero-order valence-corrected chi connectivity index (χ0v) is 8.47. The van der Waals surface area contributed by atoms with Crippen LogP contribution in [0, 0.1) is 0 Å². The fraction of sp³-hybridized carbons (Fsp3) is 0.286. The van der Waals surface area contributed by atoms with Gasteiger partial charge in [0.15, 0.2) is 0 Å². The van der Waals surface area contributed by atoms with E-state index >= 15 is 0 Å². The fourth-order valence-electron chi connectivity index (χ4n) is 0.776. The molecule has 0 saturated heterocycles. The third-order valence-corrected chi connectivity index (χ3v) is 2.33. The molecule has 0 radical (unpaired) electrons. The Hall–Kier alpha value is -0.120. The van der Waals surface area contributed by atoms with Crippen molar-refractivity contribution in [2.75, 3.05) is 0 Å². The summed E-state index contributed by atoms with van der Waals surface area (Å²) in [4.78, 5) is 3.53. The summed E-state index contributed by atoms with van der Waals surface area (Å²) in [6.45, 7) is 0. The van der Waals surface area contributed by atoms with Gasteiger partial charge >= 0.3 is 0 Å². The van der Waals surface area contributed by atoms with Crippen LogP contribution in [0.3, 0.4) is 0 Å². The zero-order chi connectivity index (χ0) is 10.0. The van der Waals surface area contributed by atoms with Gasteiger partial charge in [0, 0.05) is 5.56 Å². The van der Waals surface area contributed by atoms with Crippen LogP contribution in [0.4, 0.5) is 8.78 Å². The first-order valence-electron chi connectivity index (χ1n) is 3.25. The molecule has 0 atom stereocenters. The van der Waals surface area contributed by atoms with E-state index in [1.807, 2.05) is 0 Å². The number of nitrogens with zero attached hydrogens (tertiary/aromatic N) is 1. The summed E-state index contributed by atoms with van der Waals surface area (Å²) in [5.41, 5.74) is 0.00440. The lowest BCUT2D eigenvalue weighted by Crippen LogP contribution is -1.94. The Bertz CT molecular complexity index is 317. The molecule has 0 unspecified atom stereocenters. The molecule has 72 valence electrons. The molecule has 0 amide bonds. The number of pyridine rings is 1. The Kier molecular flexibility index (Phi) is 3.71. The quantitative estimate of drug-likeness (QED) is 0.566. The van der Waals surface area contributed by atoms with Gasteiger partial charge in [0.05, 0.1) is 11.4 Å². The highest BCUT2D eigenvalue weighted by atomic mass is 35.5. The van der Waals surface area contributed by atoms with Gasteiger partial charge in [-0.25, -0.2) is 13.8 Å². The summed E-state index contributed by atoms with van der Waals surface area (Å²) < 4.78 is 24.5. The van der Waals surface area contributed by atoms with Gasteiger partial charge in [-0.3, -0.25) is 0 Å². The van der Waals surface area contributed by atoms with E-state index in [0.29, 0.717) is 5.56 Å². The van der Waals surface area contributed by atoms with Crippen LogP contribution in [-0.2, 0) is 5.88 Å². The van der Waals surface area contributed by atoms with Crippen molar-refractivity contribution in [3.8, 4) is 0 Å². The number of hydrogen-bond acceptors (Lipinski definition) is 1. The van der Waals surface area contributed by atoms with Gasteiger partial charge in [0.1, 0.15) is 10.3 Å². The molecule has 0 fully saturated rings. The lowest BCUT2D eigenvalue weighted by atomic mass is 10.2. The summed E-state index contributed by atoms with van der Waals surface area (Å²) in [6.07, 6.45) is -2.67. The van der Waals surface area contributed by atoms with Crippen LogP contribution >= 0.6 is 34.8 Å². The van der Waals surface area contributed by atoms with Crippen LogP contribution in [0.5, 0.6) is 0 Å². The van der Waals surface area contributed by atoms with E-state index in [1.54, 1.807) is 0 Å². The van der Waals surface area contributed by atoms with Crippen LogP contribution in [0.25, 0.3) is 0 Å². The smallest absolute Gasteiger partial charge is 0.224 e. The maximum Gasteiger partial charge on any atom is 0.266 e. The minimum atomic E-state index is -2.67. The second-order valence-corrected chi connectivity index (χ2v) is 3.24. The number of rotatable bonds is 2. The van der Waals surface area contributed by atoms with Gasteiger partial charge in [-0.05, 0) is 6.07 Å². The lowest BCUT2D eigenvalue weighted by molar-refractivity contribution is 0.151. The van der Waals surface area contributed by atoms with E-state index < -0.39 is 6.43 Å². The van der Waals surface area contributed by atoms with Crippen molar-refractivity contribution in [2.45, 2.75) is 12.3 Å². The van der Waals surface area contributed by atoms with Gasteiger partial charge in [0.25, 0.3) is 6.43 Å². The molecule has 6 heteroatoms. The SMILES string of the molecule is FC(F)c1cc(CCl)c(Cl)nc1Cl. The molecule has 1 aromatic rings. The molecule has 1 nitrogen and oxygen atoms in total. The first-order valence-corrected chi connectivity index (χ1v) is 4.54. The molecular formula is C7H4Cl3F2N. The lowest BCUT2D eigenvalue weighted by Gasteiger charge is -2.05. The van der Waals surface area contributed by atoms with Crippen molar-refractivity contribution >= 4 is 34.8 Å². The average molecular weight is 246 g/mol. The van der Waals surface area contributed by atoms with E-state index in [0.717, 1.165) is 6.07 Å². The maximum atomic E-state index is 12.3. The van der Waals surface area contributed by atoms with Gasteiger partial charge < -0.3 is 0 Å². The van der Waals surface area contributed by atoms with Crippen molar-refractivity contribution in [3.05, 3.63) is 27.5 Å². The van der Waals surface area contributed by atoms with Crippen molar-refractivity contribution in [2.24, 2.45) is 0 Å². The summed E-state index contributed by atoms with van der Waals surface area (Å²) in [5, 5.41) is -0.224. The molecule has 1 heterocycles. The molecule has 13 heavy (non-hydrogen) atoms. The first kappa shape index (κ1) is 11.0. The van der Waals surface area contributed by atoms with E-state index in [1.165, 1.54) is 0 Å². The van der Waals surface area contributed by atoms with Gasteiger partial charge in [-0.2, -0.15) is 0 Å². The fourth-order valence-corrected chi connectivity index (χ4v) is 1.52. The number of aromatic nitrogens is 1. The van der Waals surface area contributed by atoms with Crippen LogP contribution in [-0.4, -0.2) is 4.98 Å². The Balaban J connectivity index is 3.22. The third kappa shape index (κ3) is 2.42. The van der Waals surface area contributed by atoms with Crippen molar-refractivity contribution in [1.82, 2.24) is 4.98 Å². The number of alkyl halides is 3. The monoisotopic (exact) mass is 245 g/mol. The van der Waals surface area contributed by atoms with Gasteiger partial charge in [-0.1, -0.05) is 23.2 Å². The Morgan fingerprint density at radius 3 is 2.38 bits per heavy atom. The Morgan fingerprint density at radius 1 is 1.31 bits per heavy atom. The Morgan fingerprint density at radius 2 is 1.92 bits per heavy atom. The normalized spacial score (nSPS) is 10.9. The highest BCUT2D eigenvalue weighted by Crippen LogP contribution is 2.29. The summed E-state index contributed by atoms with van der Waals surface area (Å²) in [5.74, 6) is 0.0305. The van der Waals surface area contributed by atoms with Crippen molar-refractivity contribution < 1.29 is 8.78 Å².